The highest BCUT2D eigenvalue weighted by atomic mass is 35.5. The highest BCUT2D eigenvalue weighted by Crippen LogP contribution is 2.45. The summed E-state index contributed by atoms with van der Waals surface area (Å²) in [7, 11) is 2.22. The van der Waals surface area contributed by atoms with Gasteiger partial charge in [-0.3, -0.25) is 4.21 Å². The minimum absolute atomic E-state index is 0.0234. The Morgan fingerprint density at radius 2 is 1.07 bits per heavy atom. The van der Waals surface area contributed by atoms with Crippen molar-refractivity contribution in [2.45, 2.75) is 146 Å². The summed E-state index contributed by atoms with van der Waals surface area (Å²) in [5.41, 5.74) is -2.64. The second kappa shape index (κ2) is 32.3. The minimum atomic E-state index is -1.58. The zero-order valence-corrected chi connectivity index (χ0v) is 62.8. The summed E-state index contributed by atoms with van der Waals surface area (Å²) in [5, 5.41) is 19.4. The fraction of sp³-hybridized carbons (Fsp3) is 0.577. The first-order valence-electron chi connectivity index (χ1n) is 35.4. The van der Waals surface area contributed by atoms with Gasteiger partial charge in [0.05, 0.1) is 62.4 Å². The lowest BCUT2D eigenvalue weighted by atomic mass is 9.96. The predicted molar refractivity (Wildman–Crippen MR) is 388 cm³/mol. The van der Waals surface area contributed by atoms with Crippen LogP contribution >= 0.6 is 23.2 Å². The Morgan fingerprint density at radius 3 is 1.49 bits per heavy atom. The van der Waals surface area contributed by atoms with Crippen molar-refractivity contribution in [1.82, 2.24) is 69.1 Å². The summed E-state index contributed by atoms with van der Waals surface area (Å²) in [4.78, 5) is 64.0. The van der Waals surface area contributed by atoms with Gasteiger partial charge < -0.3 is 67.7 Å². The molecule has 12 heterocycles. The van der Waals surface area contributed by atoms with Crippen molar-refractivity contribution in [3.63, 3.8) is 0 Å². The monoisotopic (exact) mass is 1520 g/mol. The van der Waals surface area contributed by atoms with E-state index in [2.05, 4.69) is 35.1 Å². The maximum atomic E-state index is 15.9. The summed E-state index contributed by atoms with van der Waals surface area (Å²) in [6.45, 7) is 17.3. The first kappa shape index (κ1) is 76.8. The molecule has 34 heteroatoms. The normalized spacial score (nSPS) is 21.9. The Kier molecular flexibility index (Phi) is 23.6. The van der Waals surface area contributed by atoms with E-state index in [-0.39, 0.29) is 99.9 Å². The molecule has 0 bridgehead atoms. The molecule has 6 aliphatic heterocycles. The molecule has 2 amide bonds. The number of pyridine rings is 2. The van der Waals surface area contributed by atoms with Gasteiger partial charge in [0.25, 0.3) is 0 Å². The van der Waals surface area contributed by atoms with Gasteiger partial charge in [-0.05, 0) is 145 Å². The van der Waals surface area contributed by atoms with Crippen molar-refractivity contribution in [1.29, 1.82) is 0 Å². The van der Waals surface area contributed by atoms with Crippen LogP contribution in [0.2, 0.25) is 10.0 Å². The molecule has 14 rings (SSSR count). The van der Waals surface area contributed by atoms with Gasteiger partial charge in [-0.2, -0.15) is 20.2 Å². The number of ether oxygens (including phenoxy) is 7. The highest BCUT2D eigenvalue weighted by molar-refractivity contribution is 7.84. The number of amides is 2. The Labute approximate surface area is 618 Å². The molecule has 0 aliphatic carbocycles. The van der Waals surface area contributed by atoms with Gasteiger partial charge in [0.1, 0.15) is 67.8 Å². The second-order valence-electron chi connectivity index (χ2n) is 29.4. The molecule has 1 N–H and O–H groups in total. The summed E-state index contributed by atoms with van der Waals surface area (Å²) in [6, 6.07) is 6.07. The fourth-order valence-electron chi connectivity index (χ4n) is 13.6. The Bertz CT molecular complexity index is 4470. The standard InChI is InChI=1S/C35H43ClF2N8O5.C29H33ClFN7O5S.C7H14FNO/c1-34(2,3)51-33(47)45-15-13-44(14-16-45)30-22-9-11-39-31(28(22)41-32(42-30)49-21-35(38)10-7-12-43(4)20-35)50-29-23-19-40-46(26-8-5-6-17-48-26)25(23)18-24(37)27(29)36;1-29(2,3)43-28(39)37-12-10-36(11-13-37)25-17-8-9-32-26(23(17)34-27(35-25)44(4)40)42-24-18-16-33-38(21-7-5-6-14-41-21)20(18)15-19(31)22(24)30;1-9-4-2-3-7(8,5-9)6-10/h9,11,18-19,26H,5-8,10,12-17,20-21H2,1-4H3;8-9,15-16,21H,5-7,10-14H2,1-4H3;10H,2-6H2,1H3/t26?,35-;;7-/m0.0/s1. The molecule has 27 nitrogen and oxygen atoms in total. The molecule has 105 heavy (non-hydrogen) atoms. The maximum Gasteiger partial charge on any atom is 0.410 e. The van der Waals surface area contributed by atoms with Gasteiger partial charge in [0, 0.05) is 109 Å². The van der Waals surface area contributed by atoms with Crippen LogP contribution in [0.3, 0.4) is 0 Å². The lowest BCUT2D eigenvalue weighted by molar-refractivity contribution is -0.0368. The zero-order chi connectivity index (χ0) is 74.7. The second-order valence-corrected chi connectivity index (χ2v) is 31.4. The number of aliphatic hydroxyl groups excluding tert-OH is 1. The first-order chi connectivity index (χ1) is 50.0. The van der Waals surface area contributed by atoms with Crippen LogP contribution in [0.15, 0.2) is 54.2 Å². The number of hydrogen-bond donors (Lipinski definition) is 1. The van der Waals surface area contributed by atoms with E-state index in [1.165, 1.54) is 24.6 Å². The van der Waals surface area contributed by atoms with E-state index in [0.29, 0.717) is 136 Å². The van der Waals surface area contributed by atoms with E-state index in [9.17, 15) is 18.2 Å². The molecule has 5 atom stereocenters. The third kappa shape index (κ3) is 18.1. The number of piperazine rings is 2. The zero-order valence-electron chi connectivity index (χ0n) is 60.5. The van der Waals surface area contributed by atoms with Gasteiger partial charge in [0.2, 0.25) is 16.9 Å². The SMILES string of the molecule is CN1CCC[C@@](F)(CO)C1.CN1CCC[C@@](F)(COc2nc(N3CCN(C(=O)OC(C)(C)C)CC3)c3ccnc(Oc4c(Cl)c(F)cc5c4cnn5C4CCCCO4)c3n2)C1.CS(=O)c1nc(N2CCN(C(=O)OC(C)(C)C)CC2)c2ccnc(Oc3c(Cl)c(F)cc4c3cnn4C3CCCCO3)c2n1. The van der Waals surface area contributed by atoms with Crippen molar-refractivity contribution in [3.05, 3.63) is 70.7 Å². The molecule has 6 aromatic heterocycles. The number of nitrogens with zero attached hydrogens (tertiary/aromatic N) is 16. The summed E-state index contributed by atoms with van der Waals surface area (Å²) >= 11 is 13.0. The fourth-order valence-corrected chi connectivity index (χ4v) is 14.4. The first-order valence-corrected chi connectivity index (χ1v) is 37.8. The van der Waals surface area contributed by atoms with E-state index < -0.39 is 45.0 Å². The number of benzene rings is 2. The number of aromatic nitrogens is 10. The molecule has 0 spiro atoms. The molecule has 8 aromatic rings. The molecule has 0 radical (unpaired) electrons. The van der Waals surface area contributed by atoms with E-state index in [1.807, 2.05) is 75.2 Å². The summed E-state index contributed by atoms with van der Waals surface area (Å²) < 4.78 is 117. The van der Waals surface area contributed by atoms with Crippen molar-refractivity contribution >= 4 is 101 Å². The van der Waals surface area contributed by atoms with Crippen LogP contribution < -0.4 is 24.0 Å². The molecule has 3 unspecified atom stereocenters. The van der Waals surface area contributed by atoms with Crippen LogP contribution in [0, 0.1) is 11.6 Å². The van der Waals surface area contributed by atoms with E-state index in [4.69, 9.17) is 66.5 Å². The van der Waals surface area contributed by atoms with Gasteiger partial charge in [-0.25, -0.2) is 56.5 Å². The number of halogens is 6. The van der Waals surface area contributed by atoms with Gasteiger partial charge in [-0.1, -0.05) is 23.2 Å². The average molecular weight is 1520 g/mol. The smallest absolute Gasteiger partial charge is 0.410 e. The molecule has 6 fully saturated rings. The highest BCUT2D eigenvalue weighted by Gasteiger charge is 2.38. The van der Waals surface area contributed by atoms with Gasteiger partial charge in [-0.15, -0.1) is 0 Å². The largest absolute Gasteiger partial charge is 0.460 e. The number of carbonyl (C=O) groups is 2. The maximum absolute atomic E-state index is 15.9. The van der Waals surface area contributed by atoms with Crippen molar-refractivity contribution in [2.24, 2.45) is 0 Å². The number of anilines is 2. The Balaban J connectivity index is 0.000000175. The van der Waals surface area contributed by atoms with E-state index in [0.717, 1.165) is 58.0 Å². The quantitative estimate of drug-likeness (QED) is 0.0830. The van der Waals surface area contributed by atoms with Crippen LogP contribution in [0.25, 0.3) is 43.6 Å². The lowest BCUT2D eigenvalue weighted by Crippen LogP contribution is -2.50. The average Bonchev–Trinajstić information content (AvgIpc) is 1.73. The van der Waals surface area contributed by atoms with Crippen LogP contribution in [0.5, 0.6) is 29.3 Å². The molecule has 568 valence electrons. The number of hydrogen-bond acceptors (Lipinski definition) is 23. The predicted octanol–water partition coefficient (Wildman–Crippen LogP) is 12.4. The van der Waals surface area contributed by atoms with Crippen molar-refractivity contribution in [3.8, 4) is 29.3 Å². The third-order valence-electron chi connectivity index (χ3n) is 18.7. The van der Waals surface area contributed by atoms with Crippen molar-refractivity contribution in [2.75, 3.05) is 135 Å². The summed E-state index contributed by atoms with van der Waals surface area (Å²) in [6.07, 6.45) is 14.0. The van der Waals surface area contributed by atoms with E-state index in [1.54, 1.807) is 49.9 Å². The number of fused-ring (bicyclic) bond motifs is 4. The Morgan fingerprint density at radius 1 is 0.619 bits per heavy atom. The molecular formula is C71H90Cl2F4N16O11S. The molecule has 6 saturated heterocycles. The van der Waals surface area contributed by atoms with Crippen LogP contribution in [-0.4, -0.2) is 238 Å². The third-order valence-corrected chi connectivity index (χ3v) is 20.1. The minimum Gasteiger partial charge on any atom is -0.460 e. The van der Waals surface area contributed by atoms with Crippen LogP contribution in [0.4, 0.5) is 38.8 Å². The van der Waals surface area contributed by atoms with Gasteiger partial charge >= 0.3 is 18.2 Å². The topological polar surface area (TPSA) is 268 Å². The van der Waals surface area contributed by atoms with Crippen LogP contribution in [0.1, 0.15) is 118 Å². The molecular weight excluding hydrogens is 1430 g/mol. The number of alkyl halides is 2. The van der Waals surface area contributed by atoms with Crippen LogP contribution in [-0.2, 0) is 29.7 Å². The molecule has 6 aliphatic rings. The molecule has 2 aromatic carbocycles. The number of likely N-dealkylation sites (tertiary alicyclic amines) is 2. The Hall–Kier alpha value is -7.85. The molecule has 0 saturated carbocycles. The van der Waals surface area contributed by atoms with Gasteiger partial charge in [0.15, 0.2) is 29.6 Å². The summed E-state index contributed by atoms with van der Waals surface area (Å²) in [5.74, 6) is -0.224. The van der Waals surface area contributed by atoms with Crippen molar-refractivity contribution < 1.29 is 69.6 Å². The number of carbonyl (C=O) groups excluding carboxylic acids is 2. The number of aliphatic hydroxyl groups is 1. The lowest BCUT2D eigenvalue weighted by Gasteiger charge is -2.36. The van der Waals surface area contributed by atoms with E-state index >= 15 is 13.2 Å². The number of rotatable bonds is 13. The number of piperidine rings is 2.